The van der Waals surface area contributed by atoms with Crippen LogP contribution in [0.1, 0.15) is 11.1 Å². The Kier molecular flexibility index (Phi) is 2.97. The Morgan fingerprint density at radius 2 is 2.18 bits per heavy atom. The fourth-order valence-electron chi connectivity index (χ4n) is 0.992. The summed E-state index contributed by atoms with van der Waals surface area (Å²) in [4.78, 5) is 1.22. The van der Waals surface area contributed by atoms with Crippen molar-refractivity contribution in [3.05, 3.63) is 35.9 Å². The highest BCUT2D eigenvalue weighted by molar-refractivity contribution is 7.98. The van der Waals surface area contributed by atoms with Gasteiger partial charge in [0.15, 0.2) is 0 Å². The third kappa shape index (κ3) is 1.76. The van der Waals surface area contributed by atoms with Gasteiger partial charge >= 0.3 is 0 Å². The molecule has 1 aromatic rings. The minimum Gasteiger partial charge on any atom is -0.385 e. The third-order valence-electron chi connectivity index (χ3n) is 1.68. The highest BCUT2D eigenvalue weighted by atomic mass is 32.2. The first-order valence-corrected chi connectivity index (χ1v) is 4.63. The van der Waals surface area contributed by atoms with Crippen LogP contribution in [0.25, 0.3) is 0 Å². The molecule has 59 valence electrons. The minimum atomic E-state index is 0.900. The van der Waals surface area contributed by atoms with Gasteiger partial charge in [0, 0.05) is 4.90 Å². The molecule has 0 aliphatic heterocycles. The number of rotatable bonds is 2. The molecule has 0 saturated heterocycles. The minimum absolute atomic E-state index is 0.900. The number of aliphatic hydroxyl groups is 1. The summed E-state index contributed by atoms with van der Waals surface area (Å²) in [5, 5.41) is 8.80. The molecule has 0 aromatic heterocycles. The average Bonchev–Trinajstić information content (AvgIpc) is 2.05. The largest absolute Gasteiger partial charge is 0.385 e. The maximum atomic E-state index is 8.80. The van der Waals surface area contributed by atoms with Crippen molar-refractivity contribution in [2.24, 2.45) is 0 Å². The van der Waals surface area contributed by atoms with Crippen LogP contribution in [0.4, 0.5) is 0 Å². The van der Waals surface area contributed by atoms with Crippen molar-refractivity contribution in [3.8, 4) is 0 Å². The van der Waals surface area contributed by atoms with Crippen molar-refractivity contribution < 1.29 is 5.11 Å². The van der Waals surface area contributed by atoms with Gasteiger partial charge in [-0.15, -0.1) is 11.8 Å². The van der Waals surface area contributed by atoms with Gasteiger partial charge in [-0.2, -0.15) is 0 Å². The predicted octanol–water partition coefficient (Wildman–Crippen LogP) is 2.60. The lowest BCUT2D eigenvalue weighted by Gasteiger charge is -2.05. The van der Waals surface area contributed by atoms with Gasteiger partial charge in [0.25, 0.3) is 0 Å². The highest BCUT2D eigenvalue weighted by Gasteiger charge is 2.00. The Balaban J connectivity index is 3.10. The topological polar surface area (TPSA) is 20.2 Å². The van der Waals surface area contributed by atoms with E-state index in [1.807, 2.05) is 31.4 Å². The molecular weight excluding hydrogens is 156 g/mol. The smallest absolute Gasteiger partial charge is 0.109 e. The Labute approximate surface area is 71.4 Å². The van der Waals surface area contributed by atoms with E-state index in [2.05, 4.69) is 0 Å². The summed E-state index contributed by atoms with van der Waals surface area (Å²) in [6.45, 7) is 3.16. The van der Waals surface area contributed by atoms with Crippen molar-refractivity contribution in [1.82, 2.24) is 0 Å². The lowest BCUT2D eigenvalue weighted by atomic mass is 10.1. The number of hydrogen-bond donors (Lipinski definition) is 1. The fourth-order valence-corrected chi connectivity index (χ4v) is 1.63. The van der Waals surface area contributed by atoms with Gasteiger partial charge in [-0.1, -0.05) is 12.1 Å². The van der Waals surface area contributed by atoms with Crippen LogP contribution in [0.15, 0.2) is 23.1 Å². The first-order valence-electron chi connectivity index (χ1n) is 3.40. The van der Waals surface area contributed by atoms with Gasteiger partial charge in [-0.25, -0.2) is 0 Å². The summed E-state index contributed by atoms with van der Waals surface area (Å²) in [7, 11) is 0. The van der Waals surface area contributed by atoms with Crippen molar-refractivity contribution in [2.45, 2.75) is 11.8 Å². The van der Waals surface area contributed by atoms with Crippen LogP contribution in [-0.4, -0.2) is 11.4 Å². The molecule has 0 atom stereocenters. The standard InChI is InChI=1S/C9H11OS/c1-7-8(6-10)4-3-5-9(7)11-2/h3-6,10H,1-2H3. The molecule has 1 nitrogen and oxygen atoms in total. The van der Waals surface area contributed by atoms with Crippen molar-refractivity contribution in [2.75, 3.05) is 6.26 Å². The van der Waals surface area contributed by atoms with Gasteiger partial charge in [-0.3, -0.25) is 0 Å². The molecule has 1 radical (unpaired) electrons. The maximum Gasteiger partial charge on any atom is 0.109 e. The zero-order valence-electron chi connectivity index (χ0n) is 6.66. The zero-order valence-corrected chi connectivity index (χ0v) is 7.48. The summed E-state index contributed by atoms with van der Waals surface area (Å²) >= 11 is 1.69. The number of hydrogen-bond acceptors (Lipinski definition) is 2. The molecule has 0 bridgehead atoms. The van der Waals surface area contributed by atoms with Crippen LogP contribution < -0.4 is 0 Å². The summed E-state index contributed by atoms with van der Waals surface area (Å²) in [6.07, 6.45) is 2.03. The summed E-state index contributed by atoms with van der Waals surface area (Å²) in [5.74, 6) is 0. The van der Waals surface area contributed by atoms with Crippen LogP contribution in [0.3, 0.4) is 0 Å². The SMILES string of the molecule is CSc1cccc([CH]O)c1C. The molecule has 0 aliphatic rings. The van der Waals surface area contributed by atoms with Crippen molar-refractivity contribution in [1.29, 1.82) is 0 Å². The van der Waals surface area contributed by atoms with E-state index in [9.17, 15) is 0 Å². The van der Waals surface area contributed by atoms with E-state index >= 15 is 0 Å². The molecule has 2 heteroatoms. The van der Waals surface area contributed by atoms with Crippen LogP contribution in [0.2, 0.25) is 0 Å². The van der Waals surface area contributed by atoms with Crippen LogP contribution in [0, 0.1) is 13.5 Å². The summed E-state index contributed by atoms with van der Waals surface area (Å²) in [6, 6.07) is 5.89. The van der Waals surface area contributed by atoms with Gasteiger partial charge in [0.1, 0.15) is 6.61 Å². The van der Waals surface area contributed by atoms with Crippen LogP contribution >= 0.6 is 11.8 Å². The second-order valence-corrected chi connectivity index (χ2v) is 3.15. The molecule has 0 saturated carbocycles. The van der Waals surface area contributed by atoms with Crippen LogP contribution in [0.5, 0.6) is 0 Å². The molecule has 0 aliphatic carbocycles. The first-order chi connectivity index (χ1) is 5.29. The van der Waals surface area contributed by atoms with E-state index in [0.29, 0.717) is 0 Å². The molecule has 1 aromatic carbocycles. The Hall–Kier alpha value is -0.470. The molecule has 11 heavy (non-hydrogen) atoms. The van der Waals surface area contributed by atoms with E-state index in [1.165, 1.54) is 4.90 Å². The molecule has 1 N–H and O–H groups in total. The molecule has 0 heterocycles. The van der Waals surface area contributed by atoms with E-state index < -0.39 is 0 Å². The lowest BCUT2D eigenvalue weighted by Crippen LogP contribution is -1.87. The first kappa shape index (κ1) is 8.62. The third-order valence-corrected chi connectivity index (χ3v) is 2.57. The molecule has 0 unspecified atom stereocenters. The molecular formula is C9H11OS. The van der Waals surface area contributed by atoms with E-state index in [0.717, 1.165) is 17.7 Å². The van der Waals surface area contributed by atoms with E-state index in [4.69, 9.17) is 5.11 Å². The zero-order chi connectivity index (χ0) is 8.27. The number of aliphatic hydroxyl groups excluding tert-OH is 1. The van der Waals surface area contributed by atoms with Gasteiger partial charge in [-0.05, 0) is 30.4 Å². The van der Waals surface area contributed by atoms with Crippen molar-refractivity contribution in [3.63, 3.8) is 0 Å². The summed E-state index contributed by atoms with van der Waals surface area (Å²) < 4.78 is 0. The van der Waals surface area contributed by atoms with Gasteiger partial charge in [0.05, 0.1) is 0 Å². The second-order valence-electron chi connectivity index (χ2n) is 2.30. The quantitative estimate of drug-likeness (QED) is 0.683. The number of thioether (sulfide) groups is 1. The maximum absolute atomic E-state index is 8.80. The predicted molar refractivity (Wildman–Crippen MR) is 48.3 cm³/mol. The van der Waals surface area contributed by atoms with Gasteiger partial charge in [0.2, 0.25) is 0 Å². The monoisotopic (exact) mass is 167 g/mol. The Bertz CT molecular complexity index is 223. The Morgan fingerprint density at radius 3 is 2.73 bits per heavy atom. The Morgan fingerprint density at radius 1 is 1.45 bits per heavy atom. The van der Waals surface area contributed by atoms with E-state index in [-0.39, 0.29) is 0 Å². The van der Waals surface area contributed by atoms with Crippen LogP contribution in [-0.2, 0) is 0 Å². The molecule has 1 rings (SSSR count). The van der Waals surface area contributed by atoms with Gasteiger partial charge < -0.3 is 5.11 Å². The second kappa shape index (κ2) is 3.79. The summed E-state index contributed by atoms with van der Waals surface area (Å²) in [5.41, 5.74) is 2.04. The molecule has 0 fully saturated rings. The van der Waals surface area contributed by atoms with E-state index in [1.54, 1.807) is 11.8 Å². The average molecular weight is 167 g/mol. The van der Waals surface area contributed by atoms with Crippen molar-refractivity contribution >= 4 is 11.8 Å². The highest BCUT2D eigenvalue weighted by Crippen LogP contribution is 2.22. The normalized spacial score (nSPS) is 10.1. The fraction of sp³-hybridized carbons (Fsp3) is 0.222. The molecule has 0 amide bonds. The molecule has 0 spiro atoms. The lowest BCUT2D eigenvalue weighted by molar-refractivity contribution is 0.414. The number of benzene rings is 1.